The second kappa shape index (κ2) is 5.72. The third-order valence-corrected chi connectivity index (χ3v) is 4.26. The Labute approximate surface area is 125 Å². The fraction of sp³-hybridized carbons (Fsp3) is 0.562. The lowest BCUT2D eigenvalue weighted by Gasteiger charge is -2.20. The number of aromatic nitrogens is 3. The van der Waals surface area contributed by atoms with Gasteiger partial charge in [-0.05, 0) is 19.8 Å². The van der Waals surface area contributed by atoms with Crippen LogP contribution in [-0.2, 0) is 6.42 Å². The van der Waals surface area contributed by atoms with E-state index in [1.165, 1.54) is 31.2 Å². The Bertz CT molecular complexity index is 695. The smallest absolute Gasteiger partial charge is 0.175 e. The maximum Gasteiger partial charge on any atom is 0.175 e. The van der Waals surface area contributed by atoms with Crippen molar-refractivity contribution in [3.05, 3.63) is 23.0 Å². The quantitative estimate of drug-likeness (QED) is 0.792. The molecule has 0 spiro atoms. The van der Waals surface area contributed by atoms with Crippen molar-refractivity contribution in [2.45, 2.75) is 46.0 Å². The van der Waals surface area contributed by atoms with Gasteiger partial charge in [0, 0.05) is 24.3 Å². The van der Waals surface area contributed by atoms with Crippen LogP contribution in [0, 0.1) is 18.3 Å². The maximum absolute atomic E-state index is 9.17. The van der Waals surface area contributed by atoms with E-state index in [-0.39, 0.29) is 0 Å². The molecule has 1 aliphatic rings. The minimum absolute atomic E-state index is 0.554. The van der Waals surface area contributed by atoms with Crippen molar-refractivity contribution in [2.24, 2.45) is 0 Å². The van der Waals surface area contributed by atoms with Crippen LogP contribution in [-0.4, -0.2) is 27.7 Å². The number of anilines is 1. The Morgan fingerprint density at radius 1 is 1.33 bits per heavy atom. The van der Waals surface area contributed by atoms with E-state index in [2.05, 4.69) is 28.0 Å². The molecule has 110 valence electrons. The molecule has 2 aromatic heterocycles. The number of hydrogen-bond acceptors (Lipinski definition) is 4. The molecule has 3 rings (SSSR count). The molecule has 0 radical (unpaired) electrons. The van der Waals surface area contributed by atoms with Crippen LogP contribution in [0.15, 0.2) is 6.20 Å². The first-order chi connectivity index (χ1) is 10.3. The highest BCUT2D eigenvalue weighted by Crippen LogP contribution is 2.31. The molecular formula is C16H21N5. The Balaban J connectivity index is 1.94. The summed E-state index contributed by atoms with van der Waals surface area (Å²) in [5.74, 6) is 1.15. The third-order valence-electron chi connectivity index (χ3n) is 4.26. The second-order valence-corrected chi connectivity index (χ2v) is 5.70. The standard InChI is InChI=1S/C16H21N5/c1-3-4-5-6-8-20-9-7-14-12(2)19-15-13(10-17)11-18-21(15)16(14)20/h11H,3-9H2,1-2H3. The van der Waals surface area contributed by atoms with Gasteiger partial charge in [0.25, 0.3) is 0 Å². The monoisotopic (exact) mass is 283 g/mol. The molecule has 5 nitrogen and oxygen atoms in total. The molecule has 2 aromatic rings. The minimum Gasteiger partial charge on any atom is -0.356 e. The predicted octanol–water partition coefficient (Wildman–Crippen LogP) is 2.85. The second-order valence-electron chi connectivity index (χ2n) is 5.70. The van der Waals surface area contributed by atoms with Gasteiger partial charge in [0.1, 0.15) is 17.5 Å². The molecule has 0 saturated heterocycles. The van der Waals surface area contributed by atoms with E-state index < -0.39 is 0 Å². The summed E-state index contributed by atoms with van der Waals surface area (Å²) in [5, 5.41) is 13.6. The van der Waals surface area contributed by atoms with E-state index in [1.807, 2.05) is 11.4 Å². The van der Waals surface area contributed by atoms with Crippen molar-refractivity contribution < 1.29 is 0 Å². The molecule has 0 fully saturated rings. The van der Waals surface area contributed by atoms with Crippen LogP contribution in [0.25, 0.3) is 5.65 Å². The lowest BCUT2D eigenvalue weighted by atomic mass is 10.2. The molecule has 3 heterocycles. The van der Waals surface area contributed by atoms with Gasteiger partial charge in [-0.25, -0.2) is 4.98 Å². The van der Waals surface area contributed by atoms with Gasteiger partial charge in [0.15, 0.2) is 5.65 Å². The van der Waals surface area contributed by atoms with Crippen molar-refractivity contribution in [1.82, 2.24) is 14.6 Å². The summed E-state index contributed by atoms with van der Waals surface area (Å²) in [6, 6.07) is 2.18. The van der Waals surface area contributed by atoms with Crippen LogP contribution in [0.2, 0.25) is 0 Å². The molecule has 1 aliphatic heterocycles. The summed E-state index contributed by atoms with van der Waals surface area (Å²) >= 11 is 0. The van der Waals surface area contributed by atoms with Gasteiger partial charge in [-0.2, -0.15) is 14.9 Å². The Kier molecular flexibility index (Phi) is 3.78. The molecule has 0 aromatic carbocycles. The van der Waals surface area contributed by atoms with Gasteiger partial charge >= 0.3 is 0 Å². The zero-order chi connectivity index (χ0) is 14.8. The summed E-state index contributed by atoms with van der Waals surface area (Å²) in [5.41, 5.74) is 3.56. The molecule has 0 atom stereocenters. The Morgan fingerprint density at radius 3 is 2.95 bits per heavy atom. The van der Waals surface area contributed by atoms with Crippen molar-refractivity contribution in [1.29, 1.82) is 5.26 Å². The Morgan fingerprint density at radius 2 is 2.19 bits per heavy atom. The van der Waals surface area contributed by atoms with Gasteiger partial charge in [-0.1, -0.05) is 26.2 Å². The average molecular weight is 283 g/mol. The normalized spacial score (nSPS) is 13.7. The number of aryl methyl sites for hydroxylation is 1. The van der Waals surface area contributed by atoms with Gasteiger partial charge < -0.3 is 4.90 Å². The zero-order valence-electron chi connectivity index (χ0n) is 12.8. The number of nitrogens with zero attached hydrogens (tertiary/aromatic N) is 5. The number of nitriles is 1. The molecule has 0 N–H and O–H groups in total. The largest absolute Gasteiger partial charge is 0.356 e. The van der Waals surface area contributed by atoms with Crippen LogP contribution in [0.1, 0.15) is 49.4 Å². The molecule has 0 saturated carbocycles. The van der Waals surface area contributed by atoms with E-state index in [9.17, 15) is 5.26 Å². The van der Waals surface area contributed by atoms with E-state index >= 15 is 0 Å². The van der Waals surface area contributed by atoms with Gasteiger partial charge in [0.05, 0.1) is 6.20 Å². The Hall–Kier alpha value is -2.09. The number of rotatable bonds is 5. The summed E-state index contributed by atoms with van der Waals surface area (Å²) in [4.78, 5) is 6.98. The van der Waals surface area contributed by atoms with Crippen LogP contribution in [0.4, 0.5) is 5.82 Å². The van der Waals surface area contributed by atoms with Crippen LogP contribution >= 0.6 is 0 Å². The van der Waals surface area contributed by atoms with E-state index in [0.29, 0.717) is 11.2 Å². The highest BCUT2D eigenvalue weighted by atomic mass is 15.4. The summed E-state index contributed by atoms with van der Waals surface area (Å²) in [6.07, 6.45) is 7.69. The summed E-state index contributed by atoms with van der Waals surface area (Å²) in [7, 11) is 0. The lowest BCUT2D eigenvalue weighted by Crippen LogP contribution is -2.24. The maximum atomic E-state index is 9.17. The molecular weight excluding hydrogens is 262 g/mol. The molecule has 0 amide bonds. The van der Waals surface area contributed by atoms with Gasteiger partial charge in [-0.3, -0.25) is 0 Å². The van der Waals surface area contributed by atoms with Crippen LogP contribution < -0.4 is 4.90 Å². The SMILES string of the molecule is CCCCCCN1CCc2c(C)nc3c(C#N)cnn3c21. The van der Waals surface area contributed by atoms with E-state index in [1.54, 1.807) is 6.20 Å². The van der Waals surface area contributed by atoms with Gasteiger partial charge in [0.2, 0.25) is 0 Å². The zero-order valence-corrected chi connectivity index (χ0v) is 12.8. The molecule has 0 aliphatic carbocycles. The summed E-state index contributed by atoms with van der Waals surface area (Å²) in [6.45, 7) is 6.36. The first-order valence-corrected chi connectivity index (χ1v) is 7.78. The highest BCUT2D eigenvalue weighted by Gasteiger charge is 2.26. The first-order valence-electron chi connectivity index (χ1n) is 7.78. The molecule has 0 unspecified atom stereocenters. The van der Waals surface area contributed by atoms with Gasteiger partial charge in [-0.15, -0.1) is 0 Å². The fourth-order valence-electron chi connectivity index (χ4n) is 3.12. The van der Waals surface area contributed by atoms with E-state index in [4.69, 9.17) is 0 Å². The highest BCUT2D eigenvalue weighted by molar-refractivity contribution is 5.64. The molecule has 21 heavy (non-hydrogen) atoms. The number of fused-ring (bicyclic) bond motifs is 3. The first kappa shape index (κ1) is 13.9. The third kappa shape index (κ3) is 2.35. The number of hydrogen-bond donors (Lipinski definition) is 0. The average Bonchev–Trinajstić information content (AvgIpc) is 3.07. The van der Waals surface area contributed by atoms with Crippen molar-refractivity contribution >= 4 is 11.5 Å². The number of unbranched alkanes of at least 4 members (excludes halogenated alkanes) is 3. The topological polar surface area (TPSA) is 57.2 Å². The lowest BCUT2D eigenvalue weighted by molar-refractivity contribution is 0.646. The van der Waals surface area contributed by atoms with Crippen molar-refractivity contribution in [3.8, 4) is 6.07 Å². The van der Waals surface area contributed by atoms with Crippen molar-refractivity contribution in [2.75, 3.05) is 18.0 Å². The van der Waals surface area contributed by atoms with Crippen LogP contribution in [0.3, 0.4) is 0 Å². The fourth-order valence-corrected chi connectivity index (χ4v) is 3.12. The predicted molar refractivity (Wildman–Crippen MR) is 82.5 cm³/mol. The molecule has 5 heteroatoms. The van der Waals surface area contributed by atoms with Crippen molar-refractivity contribution in [3.63, 3.8) is 0 Å². The van der Waals surface area contributed by atoms with Crippen LogP contribution in [0.5, 0.6) is 0 Å². The molecule has 0 bridgehead atoms. The summed E-state index contributed by atoms with van der Waals surface area (Å²) < 4.78 is 1.85. The minimum atomic E-state index is 0.554. The van der Waals surface area contributed by atoms with E-state index in [0.717, 1.165) is 31.0 Å².